The number of benzene rings is 1. The van der Waals surface area contributed by atoms with Gasteiger partial charge >= 0.3 is 5.97 Å². The number of nitrogens with zero attached hydrogens (tertiary/aromatic N) is 1. The van der Waals surface area contributed by atoms with Crippen LogP contribution in [0.25, 0.3) is 0 Å². The van der Waals surface area contributed by atoms with Crippen LogP contribution in [0, 0.1) is 5.92 Å². The molecule has 1 atom stereocenters. The average Bonchev–Trinajstić information content (AvgIpc) is 2.50. The maximum absolute atomic E-state index is 12.3. The van der Waals surface area contributed by atoms with Gasteiger partial charge in [0.2, 0.25) is 0 Å². The molecule has 22 heavy (non-hydrogen) atoms. The first-order chi connectivity index (χ1) is 10.4. The molecule has 0 aliphatic carbocycles. The molecule has 1 aromatic rings. The van der Waals surface area contributed by atoms with Crippen LogP contribution in [0.1, 0.15) is 37.0 Å². The molecule has 0 bridgehead atoms. The molecule has 1 aliphatic rings. The van der Waals surface area contributed by atoms with Gasteiger partial charge in [-0.1, -0.05) is 18.5 Å². The summed E-state index contributed by atoms with van der Waals surface area (Å²) in [6.45, 7) is 5.21. The quantitative estimate of drug-likeness (QED) is 0.685. The minimum atomic E-state index is -0.808. The molecule has 120 valence electrons. The van der Waals surface area contributed by atoms with Crippen LogP contribution in [0.5, 0.6) is 0 Å². The number of carbonyl (C=O) groups excluding carboxylic acids is 2. The van der Waals surface area contributed by atoms with E-state index in [1.54, 1.807) is 11.8 Å². The monoisotopic (exact) mass is 324 g/mol. The highest BCUT2D eigenvalue weighted by atomic mass is 35.5. The molecule has 1 aromatic carbocycles. The van der Waals surface area contributed by atoms with Gasteiger partial charge in [-0.2, -0.15) is 0 Å². The van der Waals surface area contributed by atoms with Gasteiger partial charge in [-0.25, -0.2) is 4.79 Å². The average molecular weight is 325 g/mol. The lowest BCUT2D eigenvalue weighted by atomic mass is 9.99. The number of ether oxygens (including phenoxy) is 1. The van der Waals surface area contributed by atoms with Crippen molar-refractivity contribution in [2.24, 2.45) is 5.92 Å². The number of nitrogens with two attached hydrogens (primary N) is 1. The van der Waals surface area contributed by atoms with Gasteiger partial charge in [0.15, 0.2) is 6.10 Å². The zero-order valence-corrected chi connectivity index (χ0v) is 13.6. The number of anilines is 1. The van der Waals surface area contributed by atoms with Crippen LogP contribution in [-0.2, 0) is 9.53 Å². The molecule has 0 radical (unpaired) electrons. The van der Waals surface area contributed by atoms with Crippen molar-refractivity contribution in [2.75, 3.05) is 18.8 Å². The first-order valence-corrected chi connectivity index (χ1v) is 7.81. The first kappa shape index (κ1) is 16.6. The van der Waals surface area contributed by atoms with Crippen molar-refractivity contribution in [1.82, 2.24) is 4.90 Å². The number of likely N-dealkylation sites (tertiary alicyclic amines) is 1. The second-order valence-electron chi connectivity index (χ2n) is 5.79. The number of hydrogen-bond donors (Lipinski definition) is 1. The van der Waals surface area contributed by atoms with E-state index in [4.69, 9.17) is 22.1 Å². The smallest absolute Gasteiger partial charge is 0.338 e. The fourth-order valence-electron chi connectivity index (χ4n) is 2.44. The molecule has 5 nitrogen and oxygen atoms in total. The van der Waals surface area contributed by atoms with Crippen LogP contribution in [0.4, 0.5) is 5.69 Å². The highest BCUT2D eigenvalue weighted by molar-refractivity contribution is 6.33. The van der Waals surface area contributed by atoms with Crippen molar-refractivity contribution in [3.05, 3.63) is 28.8 Å². The van der Waals surface area contributed by atoms with E-state index in [1.807, 2.05) is 0 Å². The van der Waals surface area contributed by atoms with E-state index in [1.165, 1.54) is 18.2 Å². The van der Waals surface area contributed by atoms with Gasteiger partial charge < -0.3 is 15.4 Å². The van der Waals surface area contributed by atoms with Gasteiger partial charge in [0.05, 0.1) is 16.3 Å². The highest BCUT2D eigenvalue weighted by Crippen LogP contribution is 2.21. The number of carbonyl (C=O) groups is 2. The molecule has 0 saturated carbocycles. The third-order valence-corrected chi connectivity index (χ3v) is 4.30. The van der Waals surface area contributed by atoms with Gasteiger partial charge in [-0.15, -0.1) is 0 Å². The molecule has 1 fully saturated rings. The SMILES string of the molecule is CC1CCN(C(=O)[C@H](C)OC(=O)c2ccc(Cl)c(N)c2)CC1. The Morgan fingerprint density at radius 3 is 2.59 bits per heavy atom. The lowest BCUT2D eigenvalue weighted by Crippen LogP contribution is -2.44. The maximum atomic E-state index is 12.3. The second kappa shape index (κ2) is 7.01. The Bertz CT molecular complexity index is 569. The van der Waals surface area contributed by atoms with E-state index >= 15 is 0 Å². The first-order valence-electron chi connectivity index (χ1n) is 7.43. The topological polar surface area (TPSA) is 72.6 Å². The minimum absolute atomic E-state index is 0.151. The Labute approximate surface area is 135 Å². The molecular weight excluding hydrogens is 304 g/mol. The van der Waals surface area contributed by atoms with Crippen molar-refractivity contribution >= 4 is 29.2 Å². The number of rotatable bonds is 3. The largest absolute Gasteiger partial charge is 0.449 e. The number of hydrogen-bond acceptors (Lipinski definition) is 4. The summed E-state index contributed by atoms with van der Waals surface area (Å²) in [5.41, 5.74) is 6.26. The standard InChI is InChI=1S/C16H21ClN2O3/c1-10-5-7-19(8-6-10)15(20)11(2)22-16(21)12-3-4-13(17)14(18)9-12/h3-4,9-11H,5-8,18H2,1-2H3/t11-/m0/s1. The molecule has 6 heteroatoms. The summed E-state index contributed by atoms with van der Waals surface area (Å²) < 4.78 is 5.24. The molecule has 0 unspecified atom stereocenters. The Balaban J connectivity index is 1.95. The lowest BCUT2D eigenvalue weighted by molar-refractivity contribution is -0.141. The summed E-state index contributed by atoms with van der Waals surface area (Å²) in [6, 6.07) is 4.51. The third-order valence-electron chi connectivity index (χ3n) is 3.96. The van der Waals surface area contributed by atoms with E-state index in [-0.39, 0.29) is 11.5 Å². The highest BCUT2D eigenvalue weighted by Gasteiger charge is 2.27. The fourth-order valence-corrected chi connectivity index (χ4v) is 2.55. The summed E-state index contributed by atoms with van der Waals surface area (Å²) in [7, 11) is 0. The van der Waals surface area contributed by atoms with E-state index in [0.29, 0.717) is 16.6 Å². The number of piperidine rings is 1. The van der Waals surface area contributed by atoms with Crippen LogP contribution in [0.15, 0.2) is 18.2 Å². The number of esters is 1. The van der Waals surface area contributed by atoms with Crippen molar-refractivity contribution in [1.29, 1.82) is 0 Å². The number of halogens is 1. The maximum Gasteiger partial charge on any atom is 0.338 e. The molecule has 1 aliphatic heterocycles. The predicted octanol–water partition coefficient (Wildman–Crippen LogP) is 2.73. The van der Waals surface area contributed by atoms with E-state index in [0.717, 1.165) is 25.9 Å². The van der Waals surface area contributed by atoms with Gasteiger partial charge in [0.1, 0.15) is 0 Å². The van der Waals surface area contributed by atoms with Gasteiger partial charge in [0, 0.05) is 13.1 Å². The predicted molar refractivity (Wildman–Crippen MR) is 85.7 cm³/mol. The fraction of sp³-hybridized carbons (Fsp3) is 0.500. The number of amides is 1. The second-order valence-corrected chi connectivity index (χ2v) is 6.20. The third kappa shape index (κ3) is 3.91. The van der Waals surface area contributed by atoms with Crippen LogP contribution >= 0.6 is 11.6 Å². The summed E-state index contributed by atoms with van der Waals surface area (Å²) in [5.74, 6) is -0.0873. The van der Waals surface area contributed by atoms with Gasteiger partial charge in [-0.3, -0.25) is 4.79 Å². The van der Waals surface area contributed by atoms with E-state index < -0.39 is 12.1 Å². The summed E-state index contributed by atoms with van der Waals surface area (Å²) in [6.07, 6.45) is 1.16. The zero-order chi connectivity index (χ0) is 16.3. The summed E-state index contributed by atoms with van der Waals surface area (Å²) in [5, 5.41) is 0.378. The Morgan fingerprint density at radius 2 is 2.00 bits per heavy atom. The van der Waals surface area contributed by atoms with Crippen molar-refractivity contribution < 1.29 is 14.3 Å². The van der Waals surface area contributed by atoms with Crippen LogP contribution in [0.3, 0.4) is 0 Å². The van der Waals surface area contributed by atoms with Gasteiger partial charge in [0.25, 0.3) is 5.91 Å². The number of nitrogen functional groups attached to an aromatic ring is 1. The minimum Gasteiger partial charge on any atom is -0.449 e. The Hall–Kier alpha value is -1.75. The van der Waals surface area contributed by atoms with Crippen LogP contribution in [-0.4, -0.2) is 36.0 Å². The van der Waals surface area contributed by atoms with Crippen molar-refractivity contribution in [2.45, 2.75) is 32.8 Å². The molecule has 2 N–H and O–H groups in total. The van der Waals surface area contributed by atoms with E-state index in [2.05, 4.69) is 6.92 Å². The normalized spacial score (nSPS) is 17.1. The Morgan fingerprint density at radius 1 is 1.36 bits per heavy atom. The molecule has 1 amide bonds. The zero-order valence-electron chi connectivity index (χ0n) is 12.8. The van der Waals surface area contributed by atoms with E-state index in [9.17, 15) is 9.59 Å². The molecule has 2 rings (SSSR count). The molecule has 1 heterocycles. The molecule has 1 saturated heterocycles. The van der Waals surface area contributed by atoms with Crippen LogP contribution in [0.2, 0.25) is 5.02 Å². The lowest BCUT2D eigenvalue weighted by Gasteiger charge is -2.31. The molecule has 0 spiro atoms. The summed E-state index contributed by atoms with van der Waals surface area (Å²) in [4.78, 5) is 26.1. The summed E-state index contributed by atoms with van der Waals surface area (Å²) >= 11 is 5.82. The van der Waals surface area contributed by atoms with Crippen LogP contribution < -0.4 is 5.73 Å². The Kier molecular flexibility index (Phi) is 5.29. The molecular formula is C16H21ClN2O3. The van der Waals surface area contributed by atoms with Crippen molar-refractivity contribution in [3.63, 3.8) is 0 Å². The molecule has 0 aromatic heterocycles. The van der Waals surface area contributed by atoms with Gasteiger partial charge in [-0.05, 0) is 43.9 Å². The van der Waals surface area contributed by atoms with Crippen molar-refractivity contribution in [3.8, 4) is 0 Å².